The van der Waals surface area contributed by atoms with Crippen molar-refractivity contribution in [1.29, 1.82) is 0 Å². The Morgan fingerprint density at radius 2 is 2.03 bits per heavy atom. The number of allylic oxidation sites excluding steroid dienone is 1. The number of carbonyl (C=O) groups excluding carboxylic acids is 3. The topological polar surface area (TPSA) is 87.2 Å². The summed E-state index contributed by atoms with van der Waals surface area (Å²) in [5.41, 5.74) is 0. The van der Waals surface area contributed by atoms with E-state index in [1.165, 1.54) is 0 Å². The molecule has 2 bridgehead atoms. The van der Waals surface area contributed by atoms with Crippen molar-refractivity contribution < 1.29 is 24.2 Å². The number of amides is 2. The molecular formula is C27H41BrN2O5S. The zero-order valence-corrected chi connectivity index (χ0v) is 23.8. The van der Waals surface area contributed by atoms with Gasteiger partial charge in [0.15, 0.2) is 0 Å². The van der Waals surface area contributed by atoms with Crippen molar-refractivity contribution in [2.75, 3.05) is 32.8 Å². The highest BCUT2D eigenvalue weighted by molar-refractivity contribution is 9.09. The van der Waals surface area contributed by atoms with Crippen molar-refractivity contribution in [3.63, 3.8) is 0 Å². The first kappa shape index (κ1) is 29.2. The second-order valence-electron chi connectivity index (χ2n) is 10.0. The second kappa shape index (κ2) is 13.5. The van der Waals surface area contributed by atoms with Crippen LogP contribution < -0.4 is 0 Å². The third-order valence-corrected chi connectivity index (χ3v) is 10.8. The number of fused-ring (bicyclic) bond motifs is 1. The molecule has 0 aliphatic carbocycles. The van der Waals surface area contributed by atoms with Gasteiger partial charge in [0.05, 0.1) is 23.2 Å². The first-order valence-corrected chi connectivity index (χ1v) is 15.1. The summed E-state index contributed by atoms with van der Waals surface area (Å²) in [5.74, 6) is -1.60. The van der Waals surface area contributed by atoms with E-state index in [1.807, 2.05) is 4.90 Å². The Balaban J connectivity index is 1.92. The number of rotatable bonds is 16. The Morgan fingerprint density at radius 3 is 2.69 bits per heavy atom. The molecule has 3 saturated heterocycles. The molecule has 1 N–H and O–H groups in total. The lowest BCUT2D eigenvalue weighted by Crippen LogP contribution is -2.55. The SMILES string of the molecule is C=CCCCOC(=O)[C@H]1[C@@H]2SC3(CC2Br)C(C(=O)N(CC=C)CCCC)N(CCCCCO)C(=O)[C@H]13. The molecule has 3 aliphatic heterocycles. The minimum Gasteiger partial charge on any atom is -0.465 e. The van der Waals surface area contributed by atoms with Gasteiger partial charge in [0.25, 0.3) is 0 Å². The molecule has 6 atom stereocenters. The minimum absolute atomic E-state index is 0.0328. The van der Waals surface area contributed by atoms with Crippen LogP contribution in [0.1, 0.15) is 58.3 Å². The maximum absolute atomic E-state index is 14.1. The van der Waals surface area contributed by atoms with E-state index in [9.17, 15) is 19.5 Å². The first-order valence-electron chi connectivity index (χ1n) is 13.3. The standard InChI is InChI=1S/C27H41BrN2O5S/c1-4-7-12-17-35-26(34)20-21-24(32)30(15-10-9-11-16-31)23(27(21)18-19(28)22(20)36-27)25(33)29(13-6-3)14-8-5-2/h4,6,19-23,31H,1,3,5,7-18H2,2H3/t19?,20-,21+,22-,23?,27?/m1/s1. The molecule has 7 nitrogen and oxygen atoms in total. The number of ether oxygens (including phenoxy) is 1. The summed E-state index contributed by atoms with van der Waals surface area (Å²) < 4.78 is 4.99. The molecule has 0 radical (unpaired) electrons. The number of carbonyl (C=O) groups is 3. The van der Waals surface area contributed by atoms with Gasteiger partial charge in [-0.25, -0.2) is 0 Å². The molecular weight excluding hydrogens is 544 g/mol. The van der Waals surface area contributed by atoms with E-state index in [-0.39, 0.29) is 34.5 Å². The van der Waals surface area contributed by atoms with Crippen LogP contribution in [0.5, 0.6) is 0 Å². The minimum atomic E-state index is -0.652. The normalized spacial score (nSPS) is 30.4. The molecule has 9 heteroatoms. The van der Waals surface area contributed by atoms with Gasteiger partial charge >= 0.3 is 5.97 Å². The maximum Gasteiger partial charge on any atom is 0.310 e. The van der Waals surface area contributed by atoms with E-state index in [1.54, 1.807) is 28.8 Å². The molecule has 0 aromatic rings. The van der Waals surface area contributed by atoms with Crippen molar-refractivity contribution >= 4 is 45.5 Å². The predicted molar refractivity (Wildman–Crippen MR) is 147 cm³/mol. The van der Waals surface area contributed by atoms with Crippen molar-refractivity contribution in [2.24, 2.45) is 11.8 Å². The summed E-state index contributed by atoms with van der Waals surface area (Å²) in [4.78, 5) is 45.0. The lowest BCUT2D eigenvalue weighted by molar-refractivity contribution is -0.154. The summed E-state index contributed by atoms with van der Waals surface area (Å²) in [5, 5.41) is 9.10. The second-order valence-corrected chi connectivity index (χ2v) is 12.7. The van der Waals surface area contributed by atoms with Crippen LogP contribution in [-0.4, -0.2) is 86.4 Å². The van der Waals surface area contributed by atoms with Crippen LogP contribution >= 0.6 is 27.7 Å². The van der Waals surface area contributed by atoms with Gasteiger partial charge in [-0.15, -0.1) is 24.9 Å². The van der Waals surface area contributed by atoms with Gasteiger partial charge in [0, 0.05) is 36.3 Å². The van der Waals surface area contributed by atoms with Crippen LogP contribution in [0.2, 0.25) is 0 Å². The third-order valence-electron chi connectivity index (χ3n) is 7.59. The molecule has 202 valence electrons. The Morgan fingerprint density at radius 1 is 1.25 bits per heavy atom. The molecule has 0 aromatic heterocycles. The van der Waals surface area contributed by atoms with E-state index < -0.39 is 22.6 Å². The van der Waals surface area contributed by atoms with Gasteiger partial charge in [-0.05, 0) is 44.9 Å². The molecule has 2 amide bonds. The van der Waals surface area contributed by atoms with Gasteiger partial charge in [-0.2, -0.15) is 0 Å². The number of nitrogens with zero attached hydrogens (tertiary/aromatic N) is 2. The third kappa shape index (κ3) is 5.73. The highest BCUT2D eigenvalue weighted by Crippen LogP contribution is 2.68. The summed E-state index contributed by atoms with van der Waals surface area (Å²) in [6, 6.07) is -0.616. The lowest BCUT2D eigenvalue weighted by Gasteiger charge is -2.38. The number of likely N-dealkylation sites (tertiary alicyclic amines) is 1. The summed E-state index contributed by atoms with van der Waals surface area (Å²) in [7, 11) is 0. The number of aliphatic hydroxyl groups is 1. The number of unbranched alkanes of at least 4 members (excludes halogenated alkanes) is 4. The zero-order chi connectivity index (χ0) is 26.3. The number of alkyl halides is 1. The fraction of sp³-hybridized carbons (Fsp3) is 0.741. The Labute approximate surface area is 228 Å². The zero-order valence-electron chi connectivity index (χ0n) is 21.4. The molecule has 3 fully saturated rings. The van der Waals surface area contributed by atoms with Gasteiger partial charge in [-0.3, -0.25) is 14.4 Å². The lowest BCUT2D eigenvalue weighted by atomic mass is 9.71. The Bertz CT molecular complexity index is 826. The van der Waals surface area contributed by atoms with Crippen LogP contribution in [0.3, 0.4) is 0 Å². The molecule has 3 unspecified atom stereocenters. The Kier molecular flexibility index (Phi) is 10.9. The van der Waals surface area contributed by atoms with Crippen molar-refractivity contribution in [1.82, 2.24) is 9.80 Å². The van der Waals surface area contributed by atoms with Crippen LogP contribution in [0.25, 0.3) is 0 Å². The van der Waals surface area contributed by atoms with Crippen LogP contribution in [-0.2, 0) is 19.1 Å². The van der Waals surface area contributed by atoms with Gasteiger partial charge < -0.3 is 19.6 Å². The number of hydrogen-bond donors (Lipinski definition) is 1. The van der Waals surface area contributed by atoms with Crippen LogP contribution in [0.4, 0.5) is 0 Å². The largest absolute Gasteiger partial charge is 0.465 e. The van der Waals surface area contributed by atoms with E-state index >= 15 is 0 Å². The van der Waals surface area contributed by atoms with E-state index in [2.05, 4.69) is 36.0 Å². The van der Waals surface area contributed by atoms with Crippen molar-refractivity contribution in [3.8, 4) is 0 Å². The van der Waals surface area contributed by atoms with Crippen LogP contribution in [0.15, 0.2) is 25.3 Å². The average Bonchev–Trinajstić information content (AvgIpc) is 3.45. The molecule has 3 aliphatic rings. The molecule has 3 rings (SSSR count). The average molecular weight is 586 g/mol. The Hall–Kier alpha value is -1.32. The molecule has 3 heterocycles. The van der Waals surface area contributed by atoms with E-state index in [0.29, 0.717) is 51.9 Å². The number of thioether (sulfide) groups is 1. The maximum atomic E-state index is 14.1. The van der Waals surface area contributed by atoms with Crippen molar-refractivity contribution in [2.45, 2.75) is 79.2 Å². The highest BCUT2D eigenvalue weighted by Gasteiger charge is 2.76. The van der Waals surface area contributed by atoms with E-state index in [4.69, 9.17) is 4.74 Å². The highest BCUT2D eigenvalue weighted by atomic mass is 79.9. The van der Waals surface area contributed by atoms with Crippen LogP contribution in [0, 0.1) is 11.8 Å². The van der Waals surface area contributed by atoms with Gasteiger partial charge in [-0.1, -0.05) is 41.4 Å². The predicted octanol–water partition coefficient (Wildman–Crippen LogP) is 3.94. The number of esters is 1. The first-order chi connectivity index (χ1) is 17.4. The number of hydrogen-bond acceptors (Lipinski definition) is 6. The molecule has 1 spiro atoms. The summed E-state index contributed by atoms with van der Waals surface area (Å²) in [6.45, 7) is 11.5. The van der Waals surface area contributed by atoms with Crippen molar-refractivity contribution in [3.05, 3.63) is 25.3 Å². The number of halogens is 1. The van der Waals surface area contributed by atoms with Gasteiger partial charge in [0.1, 0.15) is 6.04 Å². The fourth-order valence-electron chi connectivity index (χ4n) is 5.96. The summed E-state index contributed by atoms with van der Waals surface area (Å²) in [6.07, 6.45) is 9.64. The summed E-state index contributed by atoms with van der Waals surface area (Å²) >= 11 is 5.43. The molecule has 36 heavy (non-hydrogen) atoms. The monoisotopic (exact) mass is 584 g/mol. The quantitative estimate of drug-likeness (QED) is 0.128. The number of aliphatic hydroxyl groups excluding tert-OH is 1. The fourth-order valence-corrected chi connectivity index (χ4v) is 9.55. The smallest absolute Gasteiger partial charge is 0.310 e. The molecule has 0 saturated carbocycles. The molecule has 0 aromatic carbocycles. The van der Waals surface area contributed by atoms with E-state index in [0.717, 1.165) is 25.7 Å². The van der Waals surface area contributed by atoms with Gasteiger partial charge in [0.2, 0.25) is 11.8 Å².